The monoisotopic (exact) mass is 527 g/mol. The van der Waals surface area contributed by atoms with Crippen molar-refractivity contribution in [2.24, 2.45) is 0 Å². The van der Waals surface area contributed by atoms with Crippen molar-refractivity contribution in [1.82, 2.24) is 20.2 Å². The number of rotatable bonds is 3. The number of aromatic nitrogens is 2. The molecule has 0 saturated heterocycles. The van der Waals surface area contributed by atoms with E-state index in [9.17, 15) is 30.8 Å². The Balaban J connectivity index is 1.62. The van der Waals surface area contributed by atoms with Crippen LogP contribution in [-0.2, 0) is 29.1 Å². The number of thiophene rings is 1. The Morgan fingerprint density at radius 1 is 1.17 bits per heavy atom. The van der Waals surface area contributed by atoms with Crippen LogP contribution in [0.2, 0.25) is 0 Å². The zero-order valence-electron chi connectivity index (χ0n) is 18.0. The minimum atomic E-state index is -4.86. The molecular weight excluding hydrogens is 510 g/mol. The Kier molecular flexibility index (Phi) is 5.56. The molecule has 0 saturated carbocycles. The topological polar surface area (TPSA) is 104 Å². The van der Waals surface area contributed by atoms with Gasteiger partial charge in [0.05, 0.1) is 26.9 Å². The van der Waals surface area contributed by atoms with Crippen molar-refractivity contribution in [1.29, 1.82) is 0 Å². The Hall–Kier alpha value is -3.10. The maximum Gasteiger partial charge on any atom is 0.420 e. The first kappa shape index (κ1) is 23.6. The smallest absolute Gasteiger partial charge is 0.340 e. The number of hydrogen-bond acceptors (Lipinski definition) is 8. The maximum atomic E-state index is 14.5. The summed E-state index contributed by atoms with van der Waals surface area (Å²) in [5, 5.41) is 5.69. The number of carbonyl (C=O) groups is 1. The lowest BCUT2D eigenvalue weighted by molar-refractivity contribution is -0.137. The molecule has 5 rings (SSSR count). The van der Waals surface area contributed by atoms with Crippen LogP contribution >= 0.6 is 11.3 Å². The lowest BCUT2D eigenvalue weighted by Gasteiger charge is -2.14. The number of carbonyl (C=O) groups excluding carboxylic acids is 1. The number of benzene rings is 1. The van der Waals surface area contributed by atoms with Crippen molar-refractivity contribution in [2.75, 3.05) is 24.7 Å². The number of fused-ring (bicyclic) bond motifs is 2. The van der Waals surface area contributed by atoms with Gasteiger partial charge in [0.15, 0.2) is 9.84 Å². The first-order valence-corrected chi connectivity index (χ1v) is 12.8. The molecule has 2 N–H and O–H groups in total. The van der Waals surface area contributed by atoms with Crippen LogP contribution in [0.5, 0.6) is 0 Å². The molecule has 0 spiro atoms. The normalized spacial score (nSPS) is 17.2. The van der Waals surface area contributed by atoms with E-state index in [0.717, 1.165) is 17.2 Å². The summed E-state index contributed by atoms with van der Waals surface area (Å²) in [5.41, 5.74) is -0.230. The summed E-state index contributed by atoms with van der Waals surface area (Å²) >= 11 is 0.610. The van der Waals surface area contributed by atoms with E-state index in [1.165, 1.54) is 24.1 Å². The minimum Gasteiger partial charge on any atom is -0.340 e. The van der Waals surface area contributed by atoms with Crippen LogP contribution in [0.4, 0.5) is 29.2 Å². The molecule has 1 aromatic carbocycles. The highest BCUT2D eigenvalue weighted by atomic mass is 32.2. The van der Waals surface area contributed by atoms with Gasteiger partial charge in [0, 0.05) is 32.9 Å². The molecule has 35 heavy (non-hydrogen) atoms. The molecule has 2 aromatic heterocycles. The molecule has 0 bridgehead atoms. The Labute approximate surface area is 200 Å². The second-order valence-electron chi connectivity index (χ2n) is 8.13. The fraction of sp³-hybridized carbons (Fsp3) is 0.286. The molecule has 2 aliphatic heterocycles. The van der Waals surface area contributed by atoms with Crippen molar-refractivity contribution >= 4 is 38.7 Å². The highest BCUT2D eigenvalue weighted by Crippen LogP contribution is 2.42. The van der Waals surface area contributed by atoms with Crippen LogP contribution in [0.25, 0.3) is 10.6 Å². The molecule has 0 aliphatic carbocycles. The summed E-state index contributed by atoms with van der Waals surface area (Å²) in [6, 6.07) is 3.89. The number of sulfone groups is 1. The molecule has 0 fully saturated rings. The van der Waals surface area contributed by atoms with Crippen LogP contribution in [-0.4, -0.2) is 48.5 Å². The third kappa shape index (κ3) is 4.25. The van der Waals surface area contributed by atoms with Gasteiger partial charge in [-0.15, -0.1) is 11.3 Å². The van der Waals surface area contributed by atoms with Gasteiger partial charge in [-0.05, 0) is 29.3 Å². The van der Waals surface area contributed by atoms with E-state index in [2.05, 4.69) is 20.6 Å². The molecule has 1 amide bonds. The molecule has 0 radical (unpaired) electrons. The lowest BCUT2D eigenvalue weighted by Crippen LogP contribution is -2.27. The summed E-state index contributed by atoms with van der Waals surface area (Å²) in [7, 11) is -2.48. The maximum absolute atomic E-state index is 14.5. The van der Waals surface area contributed by atoms with E-state index in [-0.39, 0.29) is 38.6 Å². The van der Waals surface area contributed by atoms with Crippen molar-refractivity contribution in [3.8, 4) is 10.6 Å². The van der Waals surface area contributed by atoms with Crippen molar-refractivity contribution in [2.45, 2.75) is 24.2 Å². The molecule has 184 valence electrons. The van der Waals surface area contributed by atoms with Crippen LogP contribution in [0.15, 0.2) is 29.3 Å². The van der Waals surface area contributed by atoms with Crippen LogP contribution in [0, 0.1) is 5.82 Å². The quantitative estimate of drug-likeness (QED) is 0.502. The molecule has 0 atom stereocenters. The van der Waals surface area contributed by atoms with Gasteiger partial charge in [-0.25, -0.2) is 22.8 Å². The fourth-order valence-electron chi connectivity index (χ4n) is 3.89. The number of hydrogen-bond donors (Lipinski definition) is 2. The summed E-state index contributed by atoms with van der Waals surface area (Å²) in [6.45, 7) is 0.990. The van der Waals surface area contributed by atoms with Gasteiger partial charge in [-0.1, -0.05) is 0 Å². The second kappa shape index (κ2) is 8.24. The van der Waals surface area contributed by atoms with Gasteiger partial charge in [-0.2, -0.15) is 13.2 Å². The molecule has 3 aromatic rings. The molecular formula is C21H17F4N5O3S2. The Morgan fingerprint density at radius 2 is 1.89 bits per heavy atom. The van der Waals surface area contributed by atoms with E-state index in [4.69, 9.17) is 0 Å². The number of nitrogens with zero attached hydrogens (tertiary/aromatic N) is 3. The molecule has 4 heterocycles. The average molecular weight is 528 g/mol. The van der Waals surface area contributed by atoms with E-state index in [0.29, 0.717) is 30.6 Å². The van der Waals surface area contributed by atoms with Crippen LogP contribution in [0.3, 0.4) is 0 Å². The number of alkyl halides is 3. The van der Waals surface area contributed by atoms with Gasteiger partial charge in [0.2, 0.25) is 5.95 Å². The van der Waals surface area contributed by atoms with Crippen molar-refractivity contribution < 1.29 is 30.8 Å². The highest BCUT2D eigenvalue weighted by molar-refractivity contribution is 7.91. The van der Waals surface area contributed by atoms with Gasteiger partial charge in [0.25, 0.3) is 5.91 Å². The number of nitrogens with one attached hydrogen (secondary N) is 2. The van der Waals surface area contributed by atoms with Crippen molar-refractivity contribution in [3.63, 3.8) is 0 Å². The van der Waals surface area contributed by atoms with E-state index in [1.54, 1.807) is 0 Å². The van der Waals surface area contributed by atoms with Gasteiger partial charge < -0.3 is 15.5 Å². The summed E-state index contributed by atoms with van der Waals surface area (Å²) in [6.07, 6.45) is -4.32. The summed E-state index contributed by atoms with van der Waals surface area (Å²) in [4.78, 5) is 20.8. The predicted molar refractivity (Wildman–Crippen MR) is 120 cm³/mol. The third-order valence-corrected chi connectivity index (χ3v) is 8.73. The Morgan fingerprint density at radius 3 is 2.60 bits per heavy atom. The van der Waals surface area contributed by atoms with Crippen LogP contribution < -0.4 is 10.6 Å². The largest absolute Gasteiger partial charge is 0.420 e. The molecule has 2 aliphatic rings. The zero-order chi connectivity index (χ0) is 25.1. The van der Waals surface area contributed by atoms with E-state index < -0.39 is 39.0 Å². The van der Waals surface area contributed by atoms with E-state index in [1.807, 2.05) is 0 Å². The second-order valence-corrected chi connectivity index (χ2v) is 11.3. The fourth-order valence-corrected chi connectivity index (χ4v) is 6.92. The third-order valence-electron chi connectivity index (χ3n) is 5.76. The lowest BCUT2D eigenvalue weighted by atomic mass is 10.1. The summed E-state index contributed by atoms with van der Waals surface area (Å²) < 4.78 is 81.2. The standard InChI is InChI=1S/C21H17F4N5O3S2/c1-30-2-3-35(32,33)16-6-15(34-18(16)19(30)31)17-12(21(23,24)25)9-27-20(29-17)28-14-5-11-8-26-7-10(11)4-13(14)22/h4-6,9,26H,2-3,7-8H2,1H3,(H,27,28,29). The van der Waals surface area contributed by atoms with E-state index >= 15 is 0 Å². The van der Waals surface area contributed by atoms with Gasteiger partial charge in [-0.3, -0.25) is 4.79 Å². The van der Waals surface area contributed by atoms with Gasteiger partial charge >= 0.3 is 6.18 Å². The SMILES string of the molecule is CN1CCS(=O)(=O)c2cc(-c3nc(Nc4cc5c(cc4F)CNC5)ncc3C(F)(F)F)sc2C1=O. The molecule has 0 unspecified atom stereocenters. The Bertz CT molecular complexity index is 1470. The predicted octanol–water partition coefficient (Wildman–Crippen LogP) is 3.57. The minimum absolute atomic E-state index is 0.0144. The first-order valence-electron chi connectivity index (χ1n) is 10.3. The molecule has 14 heteroatoms. The zero-order valence-corrected chi connectivity index (χ0v) is 19.7. The van der Waals surface area contributed by atoms with Gasteiger partial charge in [0.1, 0.15) is 16.3 Å². The summed E-state index contributed by atoms with van der Waals surface area (Å²) in [5.74, 6) is -1.90. The number of halogens is 4. The molecule has 8 nitrogen and oxygen atoms in total. The average Bonchev–Trinajstić information content (AvgIpc) is 3.42. The van der Waals surface area contributed by atoms with Crippen molar-refractivity contribution in [3.05, 3.63) is 51.8 Å². The number of amides is 1. The van der Waals surface area contributed by atoms with Crippen LogP contribution in [0.1, 0.15) is 26.4 Å². The first-order chi connectivity index (χ1) is 16.4. The number of anilines is 2. The highest BCUT2D eigenvalue weighted by Gasteiger charge is 2.38.